The number of nitrogens with zero attached hydrogens (tertiary/aromatic N) is 3. The van der Waals surface area contributed by atoms with Crippen molar-refractivity contribution < 1.29 is 19.6 Å². The van der Waals surface area contributed by atoms with Gasteiger partial charge in [-0.3, -0.25) is 24.6 Å². The number of carbonyl (C=O) groups is 2. The topological polar surface area (TPSA) is 114 Å². The van der Waals surface area contributed by atoms with Gasteiger partial charge in [0, 0.05) is 28.4 Å². The number of rotatable bonds is 4. The van der Waals surface area contributed by atoms with Crippen LogP contribution in [0.2, 0.25) is 0 Å². The smallest absolute Gasteiger partial charge is 0.301 e. The first-order valence-corrected chi connectivity index (χ1v) is 9.90. The van der Waals surface area contributed by atoms with Gasteiger partial charge in [-0.25, -0.2) is 4.98 Å². The number of hydrogen-bond donors (Lipinski definition) is 1. The minimum atomic E-state index is -0.912. The van der Waals surface area contributed by atoms with E-state index < -0.39 is 28.4 Å². The highest BCUT2D eigenvalue weighted by atomic mass is 79.9. The molecule has 0 unspecified atom stereocenters. The van der Waals surface area contributed by atoms with Crippen LogP contribution in [0.1, 0.15) is 17.2 Å². The number of benzene rings is 2. The van der Waals surface area contributed by atoms with Gasteiger partial charge in [-0.15, -0.1) is 0 Å². The number of amides is 1. The Morgan fingerprint density at radius 1 is 1.03 bits per heavy atom. The molecule has 1 aliphatic heterocycles. The van der Waals surface area contributed by atoms with Gasteiger partial charge in [-0.1, -0.05) is 30.3 Å². The lowest BCUT2D eigenvalue weighted by atomic mass is 9.95. The van der Waals surface area contributed by atoms with E-state index in [-0.39, 0.29) is 22.6 Å². The number of halogens is 1. The van der Waals surface area contributed by atoms with E-state index in [1.807, 2.05) is 0 Å². The second kappa shape index (κ2) is 8.11. The molecule has 1 N–H and O–H groups in total. The molecule has 1 saturated heterocycles. The van der Waals surface area contributed by atoms with E-state index in [1.54, 1.807) is 42.5 Å². The molecule has 2 heterocycles. The molecule has 154 valence electrons. The van der Waals surface area contributed by atoms with Crippen molar-refractivity contribution in [1.29, 1.82) is 0 Å². The number of non-ortho nitro benzene ring substituents is 1. The number of ketones is 1. The van der Waals surface area contributed by atoms with Crippen LogP contribution in [0.5, 0.6) is 0 Å². The Morgan fingerprint density at radius 3 is 2.29 bits per heavy atom. The average molecular weight is 480 g/mol. The van der Waals surface area contributed by atoms with Gasteiger partial charge in [0.2, 0.25) is 0 Å². The Balaban J connectivity index is 1.90. The molecule has 1 fully saturated rings. The second-order valence-electron chi connectivity index (χ2n) is 6.72. The summed E-state index contributed by atoms with van der Waals surface area (Å²) in [7, 11) is 0. The summed E-state index contributed by atoms with van der Waals surface area (Å²) < 4.78 is 0.704. The summed E-state index contributed by atoms with van der Waals surface area (Å²) in [6.45, 7) is 0. The number of aliphatic hydroxyl groups is 1. The molecule has 0 aliphatic carbocycles. The molecule has 0 bridgehead atoms. The normalized spacial score (nSPS) is 17.7. The molecule has 8 nitrogen and oxygen atoms in total. The summed E-state index contributed by atoms with van der Waals surface area (Å²) in [5.74, 6) is -1.86. The zero-order chi connectivity index (χ0) is 22.1. The maximum atomic E-state index is 13.0. The maximum absolute atomic E-state index is 13.0. The van der Waals surface area contributed by atoms with Gasteiger partial charge in [0.05, 0.1) is 16.5 Å². The first kappa shape index (κ1) is 20.4. The van der Waals surface area contributed by atoms with Crippen LogP contribution in [-0.4, -0.2) is 26.7 Å². The van der Waals surface area contributed by atoms with Gasteiger partial charge in [-0.2, -0.15) is 0 Å². The number of pyridine rings is 1. The summed E-state index contributed by atoms with van der Waals surface area (Å²) >= 11 is 3.29. The Hall–Kier alpha value is -3.85. The molecule has 1 amide bonds. The van der Waals surface area contributed by atoms with Gasteiger partial charge < -0.3 is 5.11 Å². The quantitative estimate of drug-likeness (QED) is 0.195. The van der Waals surface area contributed by atoms with E-state index in [0.717, 1.165) is 0 Å². The first-order chi connectivity index (χ1) is 14.9. The first-order valence-electron chi connectivity index (χ1n) is 9.11. The number of aliphatic hydroxyl groups excluding tert-OH is 1. The Kier molecular flexibility index (Phi) is 5.35. The predicted molar refractivity (Wildman–Crippen MR) is 116 cm³/mol. The van der Waals surface area contributed by atoms with E-state index in [2.05, 4.69) is 20.9 Å². The zero-order valence-electron chi connectivity index (χ0n) is 15.8. The van der Waals surface area contributed by atoms with E-state index in [1.165, 1.54) is 35.4 Å². The van der Waals surface area contributed by atoms with Crippen LogP contribution in [0.25, 0.3) is 5.76 Å². The molecule has 3 aromatic rings. The predicted octanol–water partition coefficient (Wildman–Crippen LogP) is 4.38. The Morgan fingerprint density at radius 2 is 1.71 bits per heavy atom. The van der Waals surface area contributed by atoms with Crippen molar-refractivity contribution in [2.75, 3.05) is 4.90 Å². The SMILES string of the molecule is O=C1C(=O)N(c2ccc(Br)cn2)[C@H](c2ccccc2)C1=C(O)c1ccc([N+](=O)[O-])cc1. The fraction of sp³-hybridized carbons (Fsp3) is 0.0455. The van der Waals surface area contributed by atoms with Gasteiger partial charge >= 0.3 is 5.91 Å². The maximum Gasteiger partial charge on any atom is 0.301 e. The molecule has 31 heavy (non-hydrogen) atoms. The third kappa shape index (κ3) is 3.71. The van der Waals surface area contributed by atoms with E-state index in [9.17, 15) is 24.8 Å². The molecular weight excluding hydrogens is 466 g/mol. The Labute approximate surface area is 184 Å². The number of nitro groups is 1. The highest BCUT2D eigenvalue weighted by Crippen LogP contribution is 2.41. The zero-order valence-corrected chi connectivity index (χ0v) is 17.4. The number of anilines is 1. The van der Waals surface area contributed by atoms with Crippen molar-refractivity contribution in [3.05, 3.63) is 104 Å². The molecule has 1 aromatic heterocycles. The van der Waals surface area contributed by atoms with Crippen molar-refractivity contribution >= 4 is 44.9 Å². The standard InChI is InChI=1S/C22H14BrN3O5/c23-15-8-11-17(24-12-15)25-19(13-4-2-1-3-5-13)18(21(28)22(25)29)20(27)14-6-9-16(10-7-14)26(30)31/h1-12,19,27H/t19-/m1/s1. The minimum Gasteiger partial charge on any atom is -0.507 e. The number of Topliss-reactive ketones (excluding diaryl/α,β-unsaturated/α-hetero) is 1. The van der Waals surface area contributed by atoms with Crippen LogP contribution < -0.4 is 4.90 Å². The fourth-order valence-corrected chi connectivity index (χ4v) is 3.66. The summed E-state index contributed by atoms with van der Waals surface area (Å²) in [6.07, 6.45) is 1.51. The van der Waals surface area contributed by atoms with Crippen LogP contribution in [0, 0.1) is 10.1 Å². The van der Waals surface area contributed by atoms with Gasteiger partial charge in [0.25, 0.3) is 11.5 Å². The molecule has 4 rings (SSSR count). The third-order valence-electron chi connectivity index (χ3n) is 4.87. The molecular formula is C22H14BrN3O5. The molecule has 1 atom stereocenters. The molecule has 0 radical (unpaired) electrons. The number of hydrogen-bond acceptors (Lipinski definition) is 6. The van der Waals surface area contributed by atoms with Crippen LogP contribution in [-0.2, 0) is 9.59 Å². The van der Waals surface area contributed by atoms with Crippen molar-refractivity contribution in [3.8, 4) is 0 Å². The third-order valence-corrected chi connectivity index (χ3v) is 5.34. The van der Waals surface area contributed by atoms with Crippen LogP contribution in [0.3, 0.4) is 0 Å². The summed E-state index contributed by atoms with van der Waals surface area (Å²) in [5, 5.41) is 21.9. The molecule has 2 aromatic carbocycles. The molecule has 9 heteroatoms. The van der Waals surface area contributed by atoms with Crippen molar-refractivity contribution in [2.24, 2.45) is 0 Å². The summed E-state index contributed by atoms with van der Waals surface area (Å²) in [4.78, 5) is 41.8. The van der Waals surface area contributed by atoms with Crippen molar-refractivity contribution in [2.45, 2.75) is 6.04 Å². The molecule has 0 spiro atoms. The van der Waals surface area contributed by atoms with E-state index >= 15 is 0 Å². The largest absolute Gasteiger partial charge is 0.507 e. The second-order valence-corrected chi connectivity index (χ2v) is 7.63. The average Bonchev–Trinajstić information content (AvgIpc) is 3.05. The van der Waals surface area contributed by atoms with Crippen LogP contribution in [0.15, 0.2) is 83.0 Å². The van der Waals surface area contributed by atoms with Gasteiger partial charge in [-0.05, 0) is 45.8 Å². The molecule has 0 saturated carbocycles. The highest BCUT2D eigenvalue weighted by molar-refractivity contribution is 9.10. The van der Waals surface area contributed by atoms with Gasteiger partial charge in [0.1, 0.15) is 11.6 Å². The highest BCUT2D eigenvalue weighted by Gasteiger charge is 2.47. The van der Waals surface area contributed by atoms with Crippen molar-refractivity contribution in [3.63, 3.8) is 0 Å². The van der Waals surface area contributed by atoms with E-state index in [0.29, 0.717) is 10.0 Å². The van der Waals surface area contributed by atoms with E-state index in [4.69, 9.17) is 0 Å². The lowest BCUT2D eigenvalue weighted by molar-refractivity contribution is -0.384. The summed E-state index contributed by atoms with van der Waals surface area (Å²) in [6, 6.07) is 16.3. The van der Waals surface area contributed by atoms with Crippen LogP contribution >= 0.6 is 15.9 Å². The lowest BCUT2D eigenvalue weighted by Crippen LogP contribution is -2.30. The lowest BCUT2D eigenvalue weighted by Gasteiger charge is -2.24. The van der Waals surface area contributed by atoms with Crippen LogP contribution in [0.4, 0.5) is 11.5 Å². The number of aromatic nitrogens is 1. The number of carbonyl (C=O) groups excluding carboxylic acids is 2. The number of nitro benzene ring substituents is 1. The minimum absolute atomic E-state index is 0.116. The molecule has 1 aliphatic rings. The monoisotopic (exact) mass is 479 g/mol. The van der Waals surface area contributed by atoms with Crippen molar-refractivity contribution in [1.82, 2.24) is 4.98 Å². The fourth-order valence-electron chi connectivity index (χ4n) is 3.43. The Bertz CT molecular complexity index is 1210. The summed E-state index contributed by atoms with van der Waals surface area (Å²) in [5.41, 5.74) is 0.522. The van der Waals surface area contributed by atoms with Gasteiger partial charge in [0.15, 0.2) is 0 Å².